The molecule has 2 amide bonds. The summed E-state index contributed by atoms with van der Waals surface area (Å²) in [7, 11) is 0. The molecule has 0 spiro atoms. The first-order valence-electron chi connectivity index (χ1n) is 9.97. The summed E-state index contributed by atoms with van der Waals surface area (Å²) < 4.78 is 18.7. The summed E-state index contributed by atoms with van der Waals surface area (Å²) in [5, 5.41) is 8.29. The topological polar surface area (TPSA) is 75.2 Å². The summed E-state index contributed by atoms with van der Waals surface area (Å²) in [6.45, 7) is 7.49. The molecule has 1 unspecified atom stereocenters. The molecule has 0 saturated carbocycles. The molecule has 1 atom stereocenters. The SMILES string of the molecule is CCc1cccc(N(C(=O)c2csnn2)C(C(=O)NC(C)(C)C)c2ccccc2F)c1. The van der Waals surface area contributed by atoms with Crippen molar-refractivity contribution >= 4 is 29.0 Å². The van der Waals surface area contributed by atoms with Gasteiger partial charge in [-0.2, -0.15) is 0 Å². The van der Waals surface area contributed by atoms with E-state index in [2.05, 4.69) is 14.9 Å². The van der Waals surface area contributed by atoms with Gasteiger partial charge in [-0.15, -0.1) is 5.10 Å². The minimum atomic E-state index is -1.23. The largest absolute Gasteiger partial charge is 0.349 e. The van der Waals surface area contributed by atoms with Gasteiger partial charge < -0.3 is 5.32 Å². The average molecular weight is 441 g/mol. The predicted octanol–water partition coefficient (Wildman–Crippen LogP) is 4.54. The van der Waals surface area contributed by atoms with Crippen LogP contribution in [0.4, 0.5) is 10.1 Å². The molecule has 1 heterocycles. The zero-order valence-electron chi connectivity index (χ0n) is 17.9. The highest BCUT2D eigenvalue weighted by Gasteiger charge is 2.37. The number of hydrogen-bond donors (Lipinski definition) is 1. The van der Waals surface area contributed by atoms with Crippen LogP contribution in [0.3, 0.4) is 0 Å². The third-order valence-corrected chi connectivity index (χ3v) is 5.10. The zero-order valence-corrected chi connectivity index (χ0v) is 18.7. The number of anilines is 1. The van der Waals surface area contributed by atoms with Gasteiger partial charge >= 0.3 is 0 Å². The van der Waals surface area contributed by atoms with E-state index in [0.717, 1.165) is 23.5 Å². The Kier molecular flexibility index (Phi) is 6.80. The van der Waals surface area contributed by atoms with Crippen LogP contribution in [-0.2, 0) is 11.2 Å². The normalized spacial score (nSPS) is 12.3. The van der Waals surface area contributed by atoms with E-state index in [4.69, 9.17) is 0 Å². The second kappa shape index (κ2) is 9.34. The molecule has 0 aliphatic rings. The van der Waals surface area contributed by atoms with E-state index in [0.29, 0.717) is 5.69 Å². The van der Waals surface area contributed by atoms with E-state index in [-0.39, 0.29) is 11.3 Å². The molecule has 6 nitrogen and oxygen atoms in total. The Balaban J connectivity index is 2.22. The van der Waals surface area contributed by atoms with Crippen LogP contribution in [0, 0.1) is 5.82 Å². The summed E-state index contributed by atoms with van der Waals surface area (Å²) in [4.78, 5) is 28.3. The van der Waals surface area contributed by atoms with Crippen LogP contribution in [0.25, 0.3) is 0 Å². The molecule has 0 fully saturated rings. The third-order valence-electron chi connectivity index (χ3n) is 4.60. The van der Waals surface area contributed by atoms with E-state index in [1.165, 1.54) is 22.4 Å². The summed E-state index contributed by atoms with van der Waals surface area (Å²) in [6, 6.07) is 12.1. The monoisotopic (exact) mass is 440 g/mol. The minimum Gasteiger partial charge on any atom is -0.349 e. The lowest BCUT2D eigenvalue weighted by Gasteiger charge is -2.33. The van der Waals surface area contributed by atoms with Crippen LogP contribution in [0.1, 0.15) is 55.4 Å². The Hall–Kier alpha value is -3.13. The lowest BCUT2D eigenvalue weighted by Crippen LogP contribution is -2.49. The zero-order chi connectivity index (χ0) is 22.6. The molecule has 3 aromatic rings. The Bertz CT molecular complexity index is 1060. The number of benzene rings is 2. The van der Waals surface area contributed by atoms with Crippen LogP contribution in [0.15, 0.2) is 53.9 Å². The number of rotatable bonds is 6. The van der Waals surface area contributed by atoms with Gasteiger partial charge in [0.25, 0.3) is 5.91 Å². The number of nitrogens with zero attached hydrogens (tertiary/aromatic N) is 3. The molecule has 162 valence electrons. The number of carbonyl (C=O) groups excluding carboxylic acids is 2. The molecule has 0 radical (unpaired) electrons. The first-order valence-corrected chi connectivity index (χ1v) is 10.8. The number of halogens is 1. The maximum Gasteiger partial charge on any atom is 0.280 e. The lowest BCUT2D eigenvalue weighted by molar-refractivity contribution is -0.124. The summed E-state index contributed by atoms with van der Waals surface area (Å²) in [6.07, 6.45) is 0.743. The minimum absolute atomic E-state index is 0.0943. The van der Waals surface area contributed by atoms with E-state index >= 15 is 0 Å². The van der Waals surface area contributed by atoms with Crippen molar-refractivity contribution in [3.63, 3.8) is 0 Å². The fraction of sp³-hybridized carbons (Fsp3) is 0.304. The molecule has 1 aromatic heterocycles. The maximum absolute atomic E-state index is 14.9. The predicted molar refractivity (Wildman–Crippen MR) is 120 cm³/mol. The molecular formula is C23H25FN4O2S. The second-order valence-electron chi connectivity index (χ2n) is 8.15. The fourth-order valence-electron chi connectivity index (χ4n) is 3.22. The highest BCUT2D eigenvalue weighted by Crippen LogP contribution is 2.32. The van der Waals surface area contributed by atoms with E-state index in [1.807, 2.05) is 45.9 Å². The molecule has 0 aliphatic carbocycles. The summed E-state index contributed by atoms with van der Waals surface area (Å²) in [5.74, 6) is -1.59. The van der Waals surface area contributed by atoms with Gasteiger partial charge in [-0.3, -0.25) is 14.5 Å². The third kappa shape index (κ3) is 5.32. The first kappa shape index (κ1) is 22.6. The van der Waals surface area contributed by atoms with Crippen molar-refractivity contribution in [3.05, 3.63) is 76.5 Å². The van der Waals surface area contributed by atoms with Crippen LogP contribution in [0.2, 0.25) is 0 Å². The fourth-order valence-corrected chi connectivity index (χ4v) is 3.65. The summed E-state index contributed by atoms with van der Waals surface area (Å²) in [5.41, 5.74) is 1.08. The van der Waals surface area contributed by atoms with Crippen LogP contribution in [0.5, 0.6) is 0 Å². The van der Waals surface area contributed by atoms with Gasteiger partial charge in [0.15, 0.2) is 5.69 Å². The maximum atomic E-state index is 14.9. The molecule has 2 aromatic carbocycles. The van der Waals surface area contributed by atoms with Crippen LogP contribution >= 0.6 is 11.5 Å². The highest BCUT2D eigenvalue weighted by molar-refractivity contribution is 7.03. The van der Waals surface area contributed by atoms with Crippen molar-refractivity contribution in [1.82, 2.24) is 14.9 Å². The molecule has 0 bridgehead atoms. The smallest absolute Gasteiger partial charge is 0.280 e. The highest BCUT2D eigenvalue weighted by atomic mass is 32.1. The Labute approximate surface area is 185 Å². The molecule has 8 heteroatoms. The number of aromatic nitrogens is 2. The number of nitrogens with one attached hydrogen (secondary N) is 1. The molecule has 0 aliphatic heterocycles. The standard InChI is InChI=1S/C23H25FN4O2S/c1-5-15-9-8-10-16(13-15)28(22(30)19-14-31-27-26-19)20(21(29)25-23(2,3)4)17-11-6-7-12-18(17)24/h6-14,20H,5H2,1-4H3,(H,25,29). The molecule has 1 N–H and O–H groups in total. The molecular weight excluding hydrogens is 415 g/mol. The van der Waals surface area contributed by atoms with Gasteiger partial charge in [-0.1, -0.05) is 41.7 Å². The van der Waals surface area contributed by atoms with Crippen molar-refractivity contribution in [2.75, 3.05) is 4.90 Å². The first-order chi connectivity index (χ1) is 14.7. The Morgan fingerprint density at radius 1 is 1.16 bits per heavy atom. The summed E-state index contributed by atoms with van der Waals surface area (Å²) >= 11 is 1.03. The second-order valence-corrected chi connectivity index (χ2v) is 8.76. The van der Waals surface area contributed by atoms with Gasteiger partial charge in [0, 0.05) is 22.2 Å². The van der Waals surface area contributed by atoms with Gasteiger partial charge in [0.05, 0.1) is 0 Å². The van der Waals surface area contributed by atoms with Crippen molar-refractivity contribution in [3.8, 4) is 0 Å². The van der Waals surface area contributed by atoms with Gasteiger partial charge in [-0.05, 0) is 62.5 Å². The van der Waals surface area contributed by atoms with Crippen molar-refractivity contribution in [2.24, 2.45) is 0 Å². The lowest BCUT2D eigenvalue weighted by atomic mass is 9.99. The quantitative estimate of drug-likeness (QED) is 0.611. The van der Waals surface area contributed by atoms with Crippen LogP contribution < -0.4 is 10.2 Å². The van der Waals surface area contributed by atoms with Crippen molar-refractivity contribution in [2.45, 2.75) is 45.7 Å². The number of aryl methyl sites for hydroxylation is 1. The molecule has 3 rings (SSSR count). The Morgan fingerprint density at radius 2 is 1.90 bits per heavy atom. The van der Waals surface area contributed by atoms with Crippen LogP contribution in [-0.4, -0.2) is 26.9 Å². The average Bonchev–Trinajstić information content (AvgIpc) is 3.26. The number of amides is 2. The van der Waals surface area contributed by atoms with Crippen molar-refractivity contribution < 1.29 is 14.0 Å². The van der Waals surface area contributed by atoms with Crippen molar-refractivity contribution in [1.29, 1.82) is 0 Å². The Morgan fingerprint density at radius 3 is 2.52 bits per heavy atom. The van der Waals surface area contributed by atoms with Gasteiger partial charge in [0.2, 0.25) is 5.91 Å². The van der Waals surface area contributed by atoms with Gasteiger partial charge in [0.1, 0.15) is 11.9 Å². The molecule has 0 saturated heterocycles. The number of hydrogen-bond acceptors (Lipinski definition) is 5. The van der Waals surface area contributed by atoms with Gasteiger partial charge in [-0.25, -0.2) is 4.39 Å². The molecule has 31 heavy (non-hydrogen) atoms. The van der Waals surface area contributed by atoms with E-state index < -0.39 is 29.2 Å². The van der Waals surface area contributed by atoms with E-state index in [9.17, 15) is 14.0 Å². The van der Waals surface area contributed by atoms with E-state index in [1.54, 1.807) is 18.2 Å². The number of carbonyl (C=O) groups is 2.